The molecule has 0 spiro atoms. The van der Waals surface area contributed by atoms with E-state index >= 15 is 0 Å². The lowest BCUT2D eigenvalue weighted by atomic mass is 10.0. The third kappa shape index (κ3) is 6.45. The Morgan fingerprint density at radius 1 is 1.26 bits per heavy atom. The van der Waals surface area contributed by atoms with Crippen LogP contribution in [0.15, 0.2) is 0 Å². The smallest absolute Gasteiger partial charge is 0.391 e. The number of hydrogen-bond acceptors (Lipinski definition) is 2. The van der Waals surface area contributed by atoms with Crippen molar-refractivity contribution in [2.45, 2.75) is 57.2 Å². The van der Waals surface area contributed by atoms with Crippen molar-refractivity contribution in [3.05, 3.63) is 0 Å². The Bertz CT molecular complexity index is 325. The van der Waals surface area contributed by atoms with Gasteiger partial charge in [-0.1, -0.05) is 25.7 Å². The molecule has 1 amide bonds. The Balaban J connectivity index is 2.36. The molecule has 110 valence electrons. The first-order chi connectivity index (χ1) is 8.78. The molecule has 1 fully saturated rings. The summed E-state index contributed by atoms with van der Waals surface area (Å²) in [4.78, 5) is 22.1. The molecule has 1 atom stereocenters. The highest BCUT2D eigenvalue weighted by atomic mass is 19.4. The third-order valence-corrected chi connectivity index (χ3v) is 3.32. The average molecular weight is 281 g/mol. The first kappa shape index (κ1) is 15.8. The molecule has 7 heteroatoms. The van der Waals surface area contributed by atoms with Crippen LogP contribution >= 0.6 is 0 Å². The van der Waals surface area contributed by atoms with Crippen LogP contribution < -0.4 is 5.32 Å². The number of carboxylic acid groups (broad SMARTS) is 1. The zero-order valence-corrected chi connectivity index (χ0v) is 10.5. The Labute approximate surface area is 109 Å². The minimum absolute atomic E-state index is 0.0896. The number of carbonyl (C=O) groups is 2. The van der Waals surface area contributed by atoms with Crippen LogP contribution in [0.3, 0.4) is 0 Å². The maximum atomic E-state index is 12.1. The molecule has 0 aromatic carbocycles. The van der Waals surface area contributed by atoms with E-state index in [0.29, 0.717) is 12.3 Å². The zero-order chi connectivity index (χ0) is 14.5. The van der Waals surface area contributed by atoms with Crippen LogP contribution in [-0.4, -0.2) is 29.2 Å². The summed E-state index contributed by atoms with van der Waals surface area (Å²) >= 11 is 0. The molecule has 19 heavy (non-hydrogen) atoms. The summed E-state index contributed by atoms with van der Waals surface area (Å²) in [7, 11) is 0. The van der Waals surface area contributed by atoms with Crippen molar-refractivity contribution in [1.82, 2.24) is 5.32 Å². The van der Waals surface area contributed by atoms with E-state index in [0.717, 1.165) is 25.7 Å². The van der Waals surface area contributed by atoms with Gasteiger partial charge in [0.1, 0.15) is 6.04 Å². The van der Waals surface area contributed by atoms with Gasteiger partial charge in [-0.25, -0.2) is 4.79 Å². The van der Waals surface area contributed by atoms with E-state index in [9.17, 15) is 22.8 Å². The largest absolute Gasteiger partial charge is 0.480 e. The fraction of sp³-hybridized carbons (Fsp3) is 0.833. The summed E-state index contributed by atoms with van der Waals surface area (Å²) in [5.74, 6) is -1.84. The number of carboxylic acids is 1. The van der Waals surface area contributed by atoms with Crippen LogP contribution in [0.5, 0.6) is 0 Å². The predicted octanol–water partition coefficient (Wildman–Crippen LogP) is 2.48. The fourth-order valence-corrected chi connectivity index (χ4v) is 2.33. The van der Waals surface area contributed by atoms with Crippen LogP contribution in [-0.2, 0) is 9.59 Å². The standard InChI is InChI=1S/C12H18F3NO3/c13-12(14,15)7-9(11(18)19)16-10(17)6-5-8-3-1-2-4-8/h8-9H,1-7H2,(H,16,17)(H,18,19). The van der Waals surface area contributed by atoms with Crippen LogP contribution in [0.2, 0.25) is 0 Å². The lowest BCUT2D eigenvalue weighted by Crippen LogP contribution is -2.43. The topological polar surface area (TPSA) is 66.4 Å². The second kappa shape index (κ2) is 6.77. The lowest BCUT2D eigenvalue weighted by molar-refractivity contribution is -0.160. The van der Waals surface area contributed by atoms with Crippen molar-refractivity contribution in [2.24, 2.45) is 5.92 Å². The number of nitrogens with one attached hydrogen (secondary N) is 1. The molecule has 1 unspecified atom stereocenters. The maximum Gasteiger partial charge on any atom is 0.391 e. The van der Waals surface area contributed by atoms with E-state index in [-0.39, 0.29) is 6.42 Å². The van der Waals surface area contributed by atoms with Crippen molar-refractivity contribution in [2.75, 3.05) is 0 Å². The Morgan fingerprint density at radius 2 is 1.84 bits per heavy atom. The maximum absolute atomic E-state index is 12.1. The summed E-state index contributed by atoms with van der Waals surface area (Å²) in [6, 6.07) is -1.89. The highest BCUT2D eigenvalue weighted by Gasteiger charge is 2.36. The van der Waals surface area contributed by atoms with Gasteiger partial charge in [-0.2, -0.15) is 13.2 Å². The average Bonchev–Trinajstić information content (AvgIpc) is 2.76. The zero-order valence-electron chi connectivity index (χ0n) is 10.5. The first-order valence-corrected chi connectivity index (χ1v) is 6.37. The van der Waals surface area contributed by atoms with Gasteiger partial charge in [-0.3, -0.25) is 4.79 Å². The van der Waals surface area contributed by atoms with Crippen molar-refractivity contribution in [1.29, 1.82) is 0 Å². The molecule has 1 rings (SSSR count). The van der Waals surface area contributed by atoms with Crippen molar-refractivity contribution in [3.8, 4) is 0 Å². The Morgan fingerprint density at radius 3 is 2.32 bits per heavy atom. The SMILES string of the molecule is O=C(CCC1CCCC1)NC(CC(F)(F)F)C(=O)O. The van der Waals surface area contributed by atoms with E-state index in [1.807, 2.05) is 5.32 Å². The summed E-state index contributed by atoms with van der Waals surface area (Å²) in [5.41, 5.74) is 0. The van der Waals surface area contributed by atoms with Gasteiger partial charge in [0.15, 0.2) is 0 Å². The number of aliphatic carboxylic acids is 1. The molecule has 0 aromatic rings. The minimum Gasteiger partial charge on any atom is -0.480 e. The van der Waals surface area contributed by atoms with Crippen LogP contribution in [0.25, 0.3) is 0 Å². The Kier molecular flexibility index (Phi) is 5.62. The van der Waals surface area contributed by atoms with E-state index in [2.05, 4.69) is 0 Å². The summed E-state index contributed by atoms with van der Waals surface area (Å²) in [6.45, 7) is 0. The first-order valence-electron chi connectivity index (χ1n) is 6.37. The summed E-state index contributed by atoms with van der Waals surface area (Å²) in [5, 5.41) is 10.6. The van der Waals surface area contributed by atoms with Gasteiger partial charge in [0.05, 0.1) is 6.42 Å². The van der Waals surface area contributed by atoms with Crippen LogP contribution in [0, 0.1) is 5.92 Å². The number of rotatable bonds is 6. The van der Waals surface area contributed by atoms with Gasteiger partial charge >= 0.3 is 12.1 Å². The number of carbonyl (C=O) groups excluding carboxylic acids is 1. The predicted molar refractivity (Wildman–Crippen MR) is 61.4 cm³/mol. The quantitative estimate of drug-likeness (QED) is 0.786. The van der Waals surface area contributed by atoms with Crippen molar-refractivity contribution >= 4 is 11.9 Å². The summed E-state index contributed by atoms with van der Waals surface area (Å²) < 4.78 is 36.4. The second-order valence-corrected chi connectivity index (χ2v) is 4.97. The minimum atomic E-state index is -4.61. The fourth-order valence-electron chi connectivity index (χ4n) is 2.33. The van der Waals surface area contributed by atoms with E-state index in [4.69, 9.17) is 5.11 Å². The molecule has 0 bridgehead atoms. The number of alkyl halides is 3. The van der Waals surface area contributed by atoms with Crippen molar-refractivity contribution < 1.29 is 27.9 Å². The van der Waals surface area contributed by atoms with E-state index in [1.165, 1.54) is 0 Å². The van der Waals surface area contributed by atoms with Crippen LogP contribution in [0.4, 0.5) is 13.2 Å². The highest BCUT2D eigenvalue weighted by Crippen LogP contribution is 2.28. The monoisotopic (exact) mass is 281 g/mol. The molecule has 0 saturated heterocycles. The molecular weight excluding hydrogens is 263 g/mol. The highest BCUT2D eigenvalue weighted by molar-refractivity contribution is 5.83. The molecule has 0 radical (unpaired) electrons. The third-order valence-electron chi connectivity index (χ3n) is 3.32. The lowest BCUT2D eigenvalue weighted by Gasteiger charge is -2.17. The normalized spacial score (nSPS) is 18.3. The van der Waals surface area contributed by atoms with Gasteiger partial charge in [0.2, 0.25) is 5.91 Å². The molecule has 1 aliphatic carbocycles. The molecular formula is C12H18F3NO3. The van der Waals surface area contributed by atoms with Gasteiger partial charge in [-0.15, -0.1) is 0 Å². The van der Waals surface area contributed by atoms with Gasteiger partial charge in [0.25, 0.3) is 0 Å². The molecule has 1 aliphatic rings. The molecule has 2 N–H and O–H groups in total. The van der Waals surface area contributed by atoms with Crippen molar-refractivity contribution in [3.63, 3.8) is 0 Å². The van der Waals surface area contributed by atoms with Gasteiger partial charge in [-0.05, 0) is 12.3 Å². The van der Waals surface area contributed by atoms with Crippen LogP contribution in [0.1, 0.15) is 44.9 Å². The molecule has 0 aliphatic heterocycles. The molecule has 1 saturated carbocycles. The molecule has 0 heterocycles. The number of hydrogen-bond donors (Lipinski definition) is 2. The molecule has 0 aromatic heterocycles. The summed E-state index contributed by atoms with van der Waals surface area (Å²) in [6.07, 6.45) is -1.12. The Hall–Kier alpha value is -1.27. The number of amides is 1. The van der Waals surface area contributed by atoms with Gasteiger partial charge < -0.3 is 10.4 Å². The number of halogens is 3. The molecule has 4 nitrogen and oxygen atoms in total. The van der Waals surface area contributed by atoms with E-state index in [1.54, 1.807) is 0 Å². The van der Waals surface area contributed by atoms with E-state index < -0.39 is 30.5 Å². The van der Waals surface area contributed by atoms with Gasteiger partial charge in [0, 0.05) is 6.42 Å². The second-order valence-electron chi connectivity index (χ2n) is 4.97.